The average Bonchev–Trinajstić information content (AvgIpc) is 2.47. The molecule has 2 heterocycles. The van der Waals surface area contributed by atoms with Gasteiger partial charge >= 0.3 is 0 Å². The zero-order valence-electron chi connectivity index (χ0n) is 11.7. The quantitative estimate of drug-likeness (QED) is 0.913. The minimum atomic E-state index is 0.298. The molecule has 2 aromatic rings. The SMILES string of the molecule is CC(N)C1CCN(c2nccc3c(Br)cccc23)CC1. The van der Waals surface area contributed by atoms with Gasteiger partial charge in [0.15, 0.2) is 0 Å². The molecule has 3 nitrogen and oxygen atoms in total. The molecule has 1 fully saturated rings. The zero-order valence-corrected chi connectivity index (χ0v) is 13.3. The third kappa shape index (κ3) is 2.54. The summed E-state index contributed by atoms with van der Waals surface area (Å²) < 4.78 is 1.13. The number of pyridine rings is 1. The van der Waals surface area contributed by atoms with Crippen molar-refractivity contribution in [3.8, 4) is 0 Å². The lowest BCUT2D eigenvalue weighted by molar-refractivity contribution is 0.354. The van der Waals surface area contributed by atoms with Crippen molar-refractivity contribution in [1.82, 2.24) is 4.98 Å². The molecule has 3 rings (SSSR count). The number of hydrogen-bond acceptors (Lipinski definition) is 3. The number of fused-ring (bicyclic) bond motifs is 1. The summed E-state index contributed by atoms with van der Waals surface area (Å²) in [7, 11) is 0. The summed E-state index contributed by atoms with van der Waals surface area (Å²) in [6.45, 7) is 4.21. The largest absolute Gasteiger partial charge is 0.356 e. The van der Waals surface area contributed by atoms with Crippen LogP contribution in [0.1, 0.15) is 19.8 Å². The molecule has 1 atom stereocenters. The zero-order chi connectivity index (χ0) is 14.1. The van der Waals surface area contributed by atoms with Gasteiger partial charge in [-0.3, -0.25) is 0 Å². The fourth-order valence-electron chi connectivity index (χ4n) is 3.04. The molecular formula is C16H20BrN3. The van der Waals surface area contributed by atoms with Gasteiger partial charge in [-0.1, -0.05) is 28.1 Å². The van der Waals surface area contributed by atoms with Crippen LogP contribution in [0.2, 0.25) is 0 Å². The molecule has 1 unspecified atom stereocenters. The molecule has 1 aromatic carbocycles. The van der Waals surface area contributed by atoms with Gasteiger partial charge in [0.2, 0.25) is 0 Å². The van der Waals surface area contributed by atoms with E-state index in [-0.39, 0.29) is 0 Å². The second-order valence-electron chi connectivity index (χ2n) is 5.65. The average molecular weight is 334 g/mol. The van der Waals surface area contributed by atoms with E-state index in [1.807, 2.05) is 6.20 Å². The Hall–Kier alpha value is -1.13. The van der Waals surface area contributed by atoms with Crippen LogP contribution in [0, 0.1) is 5.92 Å². The van der Waals surface area contributed by atoms with E-state index in [0.29, 0.717) is 12.0 Å². The monoisotopic (exact) mass is 333 g/mol. The van der Waals surface area contributed by atoms with E-state index >= 15 is 0 Å². The topological polar surface area (TPSA) is 42.1 Å². The highest BCUT2D eigenvalue weighted by molar-refractivity contribution is 9.10. The van der Waals surface area contributed by atoms with Crippen LogP contribution < -0.4 is 10.6 Å². The van der Waals surface area contributed by atoms with E-state index in [1.54, 1.807) is 0 Å². The van der Waals surface area contributed by atoms with Gasteiger partial charge in [0.25, 0.3) is 0 Å². The van der Waals surface area contributed by atoms with Gasteiger partial charge in [-0.2, -0.15) is 0 Å². The number of anilines is 1. The van der Waals surface area contributed by atoms with Gasteiger partial charge in [0.1, 0.15) is 5.82 Å². The molecule has 0 saturated carbocycles. The van der Waals surface area contributed by atoms with Crippen LogP contribution in [-0.4, -0.2) is 24.1 Å². The Labute approximate surface area is 128 Å². The molecule has 1 saturated heterocycles. The van der Waals surface area contributed by atoms with Crippen molar-refractivity contribution in [2.45, 2.75) is 25.8 Å². The summed E-state index contributed by atoms with van der Waals surface area (Å²) in [5.74, 6) is 1.75. The van der Waals surface area contributed by atoms with E-state index < -0.39 is 0 Å². The van der Waals surface area contributed by atoms with Crippen LogP contribution in [0.15, 0.2) is 34.9 Å². The van der Waals surface area contributed by atoms with Crippen LogP contribution in [0.3, 0.4) is 0 Å². The van der Waals surface area contributed by atoms with E-state index in [0.717, 1.165) is 36.2 Å². The predicted molar refractivity (Wildman–Crippen MR) is 88.0 cm³/mol. The molecule has 0 radical (unpaired) electrons. The lowest BCUT2D eigenvalue weighted by Crippen LogP contribution is -2.40. The Kier molecular flexibility index (Phi) is 3.94. The maximum Gasteiger partial charge on any atom is 0.136 e. The Morgan fingerprint density at radius 2 is 2.00 bits per heavy atom. The van der Waals surface area contributed by atoms with Crippen molar-refractivity contribution < 1.29 is 0 Å². The first-order valence-corrected chi connectivity index (χ1v) is 8.00. The van der Waals surface area contributed by atoms with Gasteiger partial charge in [-0.15, -0.1) is 0 Å². The van der Waals surface area contributed by atoms with Crippen LogP contribution in [0.5, 0.6) is 0 Å². The highest BCUT2D eigenvalue weighted by Crippen LogP contribution is 2.32. The molecule has 0 spiro atoms. The molecule has 4 heteroatoms. The first-order chi connectivity index (χ1) is 9.66. The number of nitrogens with two attached hydrogens (primary N) is 1. The van der Waals surface area contributed by atoms with E-state index in [1.165, 1.54) is 10.8 Å². The Morgan fingerprint density at radius 3 is 2.70 bits per heavy atom. The Morgan fingerprint density at radius 1 is 1.25 bits per heavy atom. The summed E-state index contributed by atoms with van der Waals surface area (Å²) >= 11 is 3.62. The number of aromatic nitrogens is 1. The summed E-state index contributed by atoms with van der Waals surface area (Å²) in [6, 6.07) is 8.67. The summed E-state index contributed by atoms with van der Waals surface area (Å²) in [5.41, 5.74) is 6.02. The van der Waals surface area contributed by atoms with Crippen LogP contribution in [-0.2, 0) is 0 Å². The number of nitrogens with zero attached hydrogens (tertiary/aromatic N) is 2. The van der Waals surface area contributed by atoms with E-state index in [2.05, 4.69) is 57.0 Å². The molecule has 0 bridgehead atoms. The molecular weight excluding hydrogens is 314 g/mol. The molecule has 1 aliphatic rings. The summed E-state index contributed by atoms with van der Waals surface area (Å²) in [4.78, 5) is 7.01. The third-order valence-electron chi connectivity index (χ3n) is 4.31. The highest BCUT2D eigenvalue weighted by atomic mass is 79.9. The van der Waals surface area contributed by atoms with Crippen molar-refractivity contribution in [2.24, 2.45) is 11.7 Å². The Bertz CT molecular complexity index is 604. The molecule has 0 amide bonds. The lowest BCUT2D eigenvalue weighted by atomic mass is 9.91. The fraction of sp³-hybridized carbons (Fsp3) is 0.438. The first-order valence-electron chi connectivity index (χ1n) is 7.20. The second-order valence-corrected chi connectivity index (χ2v) is 6.51. The van der Waals surface area contributed by atoms with Crippen molar-refractivity contribution in [1.29, 1.82) is 0 Å². The number of hydrogen-bond donors (Lipinski definition) is 1. The molecule has 106 valence electrons. The molecule has 2 N–H and O–H groups in total. The van der Waals surface area contributed by atoms with Gasteiger partial charge in [-0.05, 0) is 37.8 Å². The van der Waals surface area contributed by atoms with Crippen molar-refractivity contribution >= 4 is 32.5 Å². The maximum absolute atomic E-state index is 6.02. The minimum absolute atomic E-state index is 0.298. The Balaban J connectivity index is 1.90. The van der Waals surface area contributed by atoms with Crippen LogP contribution in [0.25, 0.3) is 10.8 Å². The highest BCUT2D eigenvalue weighted by Gasteiger charge is 2.23. The van der Waals surface area contributed by atoms with Gasteiger partial charge in [-0.25, -0.2) is 4.98 Å². The summed E-state index contributed by atoms with van der Waals surface area (Å²) in [5, 5.41) is 2.45. The number of halogens is 1. The predicted octanol–water partition coefficient (Wildman–Crippen LogP) is 3.56. The maximum atomic E-state index is 6.02. The molecule has 1 aromatic heterocycles. The number of rotatable bonds is 2. The van der Waals surface area contributed by atoms with Gasteiger partial charge < -0.3 is 10.6 Å². The molecule has 20 heavy (non-hydrogen) atoms. The lowest BCUT2D eigenvalue weighted by Gasteiger charge is -2.35. The van der Waals surface area contributed by atoms with Crippen molar-refractivity contribution in [2.75, 3.05) is 18.0 Å². The van der Waals surface area contributed by atoms with E-state index in [9.17, 15) is 0 Å². The first kappa shape index (κ1) is 13.8. The minimum Gasteiger partial charge on any atom is -0.356 e. The van der Waals surface area contributed by atoms with Gasteiger partial charge in [0.05, 0.1) is 0 Å². The standard InChI is InChI=1S/C16H20BrN3/c1-11(18)12-6-9-20(10-7-12)16-14-3-2-4-15(17)13(14)5-8-19-16/h2-5,8,11-12H,6-7,9-10,18H2,1H3. The second kappa shape index (κ2) is 5.70. The van der Waals surface area contributed by atoms with Crippen molar-refractivity contribution in [3.05, 3.63) is 34.9 Å². The number of benzene rings is 1. The fourth-order valence-corrected chi connectivity index (χ4v) is 3.54. The van der Waals surface area contributed by atoms with Gasteiger partial charge in [0, 0.05) is 40.6 Å². The molecule has 0 aliphatic carbocycles. The smallest absolute Gasteiger partial charge is 0.136 e. The number of piperidine rings is 1. The summed E-state index contributed by atoms with van der Waals surface area (Å²) in [6.07, 6.45) is 4.22. The van der Waals surface area contributed by atoms with Crippen molar-refractivity contribution in [3.63, 3.8) is 0 Å². The molecule has 1 aliphatic heterocycles. The third-order valence-corrected chi connectivity index (χ3v) is 5.01. The van der Waals surface area contributed by atoms with Crippen LogP contribution in [0.4, 0.5) is 5.82 Å². The normalized spacial score (nSPS) is 18.4. The van der Waals surface area contributed by atoms with E-state index in [4.69, 9.17) is 5.73 Å². The van der Waals surface area contributed by atoms with Crippen LogP contribution >= 0.6 is 15.9 Å².